The molecule has 0 saturated carbocycles. The summed E-state index contributed by atoms with van der Waals surface area (Å²) in [5.41, 5.74) is 1.66. The van der Waals surface area contributed by atoms with Crippen molar-refractivity contribution in [1.29, 1.82) is 5.26 Å². The number of benzene rings is 1. The summed E-state index contributed by atoms with van der Waals surface area (Å²) in [4.78, 5) is 3.46. The zero-order valence-corrected chi connectivity index (χ0v) is 10.2. The van der Waals surface area contributed by atoms with E-state index in [4.69, 9.17) is 5.26 Å². The molecule has 0 fully saturated rings. The van der Waals surface area contributed by atoms with Crippen LogP contribution in [0.5, 0.6) is 0 Å². The molecule has 5 heteroatoms. The second-order valence-corrected chi connectivity index (χ2v) is 4.21. The SMILES string of the molecule is N#Cc1ccc(Br)cc1Nc1ccnc(F)c1. The molecule has 3 nitrogen and oxygen atoms in total. The van der Waals surface area contributed by atoms with E-state index >= 15 is 0 Å². The lowest BCUT2D eigenvalue weighted by Gasteiger charge is -2.08. The molecule has 0 radical (unpaired) electrons. The number of halogens is 2. The molecule has 84 valence electrons. The van der Waals surface area contributed by atoms with Gasteiger partial charge >= 0.3 is 0 Å². The Hall–Kier alpha value is -1.93. The van der Waals surface area contributed by atoms with Crippen LogP contribution in [0.1, 0.15) is 5.56 Å². The molecule has 1 N–H and O–H groups in total. The largest absolute Gasteiger partial charge is 0.354 e. The standard InChI is InChI=1S/C12H7BrFN3/c13-9-2-1-8(7-15)11(5-9)17-10-3-4-16-12(14)6-10/h1-6H,(H,16,17). The predicted octanol–water partition coefficient (Wildman–Crippen LogP) is 3.60. The summed E-state index contributed by atoms with van der Waals surface area (Å²) in [6, 6.07) is 10.2. The third-order valence-electron chi connectivity index (χ3n) is 2.11. The third-order valence-corrected chi connectivity index (χ3v) is 2.60. The minimum absolute atomic E-state index is 0.491. The molecule has 1 heterocycles. The van der Waals surface area contributed by atoms with Crippen LogP contribution in [0.2, 0.25) is 0 Å². The Balaban J connectivity index is 2.36. The van der Waals surface area contributed by atoms with Crippen LogP contribution in [0.4, 0.5) is 15.8 Å². The van der Waals surface area contributed by atoms with Gasteiger partial charge in [-0.2, -0.15) is 9.65 Å². The van der Waals surface area contributed by atoms with Crippen molar-refractivity contribution < 1.29 is 4.39 Å². The van der Waals surface area contributed by atoms with Crippen molar-refractivity contribution >= 4 is 27.3 Å². The molecule has 0 spiro atoms. The maximum Gasteiger partial charge on any atom is 0.214 e. The van der Waals surface area contributed by atoms with Crippen LogP contribution in [0.25, 0.3) is 0 Å². The van der Waals surface area contributed by atoms with Gasteiger partial charge in [-0.3, -0.25) is 0 Å². The van der Waals surface area contributed by atoms with E-state index in [0.717, 1.165) is 4.47 Å². The molecular formula is C12H7BrFN3. The third kappa shape index (κ3) is 2.80. The highest BCUT2D eigenvalue weighted by atomic mass is 79.9. The Kier molecular flexibility index (Phi) is 3.35. The van der Waals surface area contributed by atoms with E-state index in [1.165, 1.54) is 12.3 Å². The minimum atomic E-state index is -0.566. The zero-order valence-electron chi connectivity index (χ0n) is 8.61. The number of hydrogen-bond acceptors (Lipinski definition) is 3. The fourth-order valence-corrected chi connectivity index (χ4v) is 1.71. The van der Waals surface area contributed by atoms with E-state index in [-0.39, 0.29) is 0 Å². The van der Waals surface area contributed by atoms with Gasteiger partial charge in [-0.25, -0.2) is 4.98 Å². The average Bonchev–Trinajstić information content (AvgIpc) is 2.29. The van der Waals surface area contributed by atoms with Crippen molar-refractivity contribution in [3.63, 3.8) is 0 Å². The molecule has 2 rings (SSSR count). The first kappa shape index (κ1) is 11.6. The molecule has 0 bridgehead atoms. The first-order valence-electron chi connectivity index (χ1n) is 4.77. The van der Waals surface area contributed by atoms with Gasteiger partial charge in [0.2, 0.25) is 5.95 Å². The summed E-state index contributed by atoms with van der Waals surface area (Å²) in [5.74, 6) is -0.566. The van der Waals surface area contributed by atoms with Gasteiger partial charge < -0.3 is 5.32 Å². The molecule has 0 unspecified atom stereocenters. The Morgan fingerprint density at radius 2 is 2.12 bits per heavy atom. The van der Waals surface area contributed by atoms with E-state index in [2.05, 4.69) is 32.3 Å². The van der Waals surface area contributed by atoms with Gasteiger partial charge in [-0.05, 0) is 24.3 Å². The van der Waals surface area contributed by atoms with Crippen molar-refractivity contribution in [1.82, 2.24) is 4.98 Å². The van der Waals surface area contributed by atoms with E-state index < -0.39 is 5.95 Å². The van der Waals surface area contributed by atoms with Crippen LogP contribution in [0.3, 0.4) is 0 Å². The van der Waals surface area contributed by atoms with Crippen molar-refractivity contribution in [2.24, 2.45) is 0 Å². The van der Waals surface area contributed by atoms with E-state index in [0.29, 0.717) is 16.9 Å². The molecule has 0 saturated heterocycles. The zero-order chi connectivity index (χ0) is 12.3. The Morgan fingerprint density at radius 1 is 1.29 bits per heavy atom. The highest BCUT2D eigenvalue weighted by molar-refractivity contribution is 9.10. The fraction of sp³-hybridized carbons (Fsp3) is 0. The topological polar surface area (TPSA) is 48.7 Å². The molecule has 0 aliphatic heterocycles. The summed E-state index contributed by atoms with van der Waals surface area (Å²) in [5, 5.41) is 11.9. The van der Waals surface area contributed by atoms with E-state index in [1.807, 2.05) is 0 Å². The Bertz CT molecular complexity index is 593. The molecular weight excluding hydrogens is 285 g/mol. The summed E-state index contributed by atoms with van der Waals surface area (Å²) in [6.45, 7) is 0. The van der Waals surface area contributed by atoms with Gasteiger partial charge in [0.15, 0.2) is 0 Å². The number of rotatable bonds is 2. The molecule has 0 atom stereocenters. The maximum absolute atomic E-state index is 12.9. The van der Waals surface area contributed by atoms with Crippen LogP contribution >= 0.6 is 15.9 Å². The van der Waals surface area contributed by atoms with Crippen LogP contribution in [0.15, 0.2) is 41.0 Å². The Morgan fingerprint density at radius 3 is 2.82 bits per heavy atom. The van der Waals surface area contributed by atoms with Gasteiger partial charge in [-0.1, -0.05) is 15.9 Å². The number of nitriles is 1. The molecule has 1 aromatic carbocycles. The molecule has 1 aromatic heterocycles. The summed E-state index contributed by atoms with van der Waals surface area (Å²) in [6.07, 6.45) is 1.36. The number of pyridine rings is 1. The van der Waals surface area contributed by atoms with Gasteiger partial charge in [-0.15, -0.1) is 0 Å². The maximum atomic E-state index is 12.9. The minimum Gasteiger partial charge on any atom is -0.354 e. The summed E-state index contributed by atoms with van der Waals surface area (Å²) >= 11 is 3.32. The highest BCUT2D eigenvalue weighted by Gasteiger charge is 2.04. The summed E-state index contributed by atoms with van der Waals surface area (Å²) < 4.78 is 13.7. The number of hydrogen-bond donors (Lipinski definition) is 1. The average molecular weight is 292 g/mol. The lowest BCUT2D eigenvalue weighted by Crippen LogP contribution is -1.95. The molecule has 17 heavy (non-hydrogen) atoms. The molecule has 2 aromatic rings. The second kappa shape index (κ2) is 4.93. The Labute approximate surface area is 106 Å². The van der Waals surface area contributed by atoms with E-state index in [1.54, 1.807) is 24.3 Å². The molecule has 0 amide bonds. The van der Waals surface area contributed by atoms with Gasteiger partial charge in [0.25, 0.3) is 0 Å². The van der Waals surface area contributed by atoms with Crippen LogP contribution in [0, 0.1) is 17.3 Å². The van der Waals surface area contributed by atoms with Crippen LogP contribution in [-0.4, -0.2) is 4.98 Å². The van der Waals surface area contributed by atoms with Crippen LogP contribution in [-0.2, 0) is 0 Å². The highest BCUT2D eigenvalue weighted by Crippen LogP contribution is 2.24. The fourth-order valence-electron chi connectivity index (χ4n) is 1.35. The smallest absolute Gasteiger partial charge is 0.214 e. The van der Waals surface area contributed by atoms with Gasteiger partial charge in [0.1, 0.15) is 6.07 Å². The quantitative estimate of drug-likeness (QED) is 0.860. The lowest BCUT2D eigenvalue weighted by molar-refractivity contribution is 0.584. The lowest BCUT2D eigenvalue weighted by atomic mass is 10.2. The first-order chi connectivity index (χ1) is 8.19. The second-order valence-electron chi connectivity index (χ2n) is 3.29. The molecule has 0 aliphatic rings. The first-order valence-corrected chi connectivity index (χ1v) is 5.56. The normalized spacial score (nSPS) is 9.71. The monoisotopic (exact) mass is 291 g/mol. The van der Waals surface area contributed by atoms with Crippen molar-refractivity contribution in [2.75, 3.05) is 5.32 Å². The van der Waals surface area contributed by atoms with Gasteiger partial charge in [0.05, 0.1) is 11.3 Å². The van der Waals surface area contributed by atoms with Crippen molar-refractivity contribution in [3.05, 3.63) is 52.5 Å². The van der Waals surface area contributed by atoms with Crippen molar-refractivity contribution in [3.8, 4) is 6.07 Å². The number of nitrogens with zero attached hydrogens (tertiary/aromatic N) is 2. The molecule has 0 aliphatic carbocycles. The van der Waals surface area contributed by atoms with E-state index in [9.17, 15) is 4.39 Å². The van der Waals surface area contributed by atoms with Crippen molar-refractivity contribution in [2.45, 2.75) is 0 Å². The van der Waals surface area contributed by atoms with Crippen LogP contribution < -0.4 is 5.32 Å². The van der Waals surface area contributed by atoms with Gasteiger partial charge in [0, 0.05) is 22.4 Å². The summed E-state index contributed by atoms with van der Waals surface area (Å²) in [7, 11) is 0. The number of nitrogens with one attached hydrogen (secondary N) is 1. The predicted molar refractivity (Wildman–Crippen MR) is 66.3 cm³/mol. The number of anilines is 2. The number of aromatic nitrogens is 1.